The molecule has 0 saturated heterocycles. The highest BCUT2D eigenvalue weighted by molar-refractivity contribution is 5.99. The van der Waals surface area contributed by atoms with Crippen LogP contribution in [-0.2, 0) is 4.74 Å². The second-order valence-corrected chi connectivity index (χ2v) is 3.08. The molecule has 2 N–H and O–H groups in total. The van der Waals surface area contributed by atoms with E-state index in [1.165, 1.54) is 0 Å². The SMILES string of the molecule is CCC(=N)OC(=N)c1cccc(C)c1. The van der Waals surface area contributed by atoms with Gasteiger partial charge in [0.05, 0.1) is 0 Å². The zero-order chi connectivity index (χ0) is 10.6. The van der Waals surface area contributed by atoms with Crippen LogP contribution in [0.5, 0.6) is 0 Å². The maximum absolute atomic E-state index is 7.60. The van der Waals surface area contributed by atoms with E-state index in [0.717, 1.165) is 5.56 Å². The van der Waals surface area contributed by atoms with Gasteiger partial charge in [0.15, 0.2) is 5.90 Å². The predicted molar refractivity (Wildman–Crippen MR) is 57.1 cm³/mol. The lowest BCUT2D eigenvalue weighted by Gasteiger charge is -2.06. The van der Waals surface area contributed by atoms with Crippen molar-refractivity contribution in [2.24, 2.45) is 0 Å². The standard InChI is InChI=1S/C11H14N2O/c1-3-10(12)14-11(13)9-6-4-5-8(2)7-9/h4-7,12-13H,3H2,1-2H3. The van der Waals surface area contributed by atoms with Crippen LogP contribution >= 0.6 is 0 Å². The minimum atomic E-state index is 0.0422. The van der Waals surface area contributed by atoms with Crippen molar-refractivity contribution >= 4 is 11.8 Å². The summed E-state index contributed by atoms with van der Waals surface area (Å²) in [6.45, 7) is 3.79. The van der Waals surface area contributed by atoms with Gasteiger partial charge >= 0.3 is 0 Å². The molecule has 0 heterocycles. The summed E-state index contributed by atoms with van der Waals surface area (Å²) in [6, 6.07) is 7.50. The minimum Gasteiger partial charge on any atom is -0.425 e. The monoisotopic (exact) mass is 190 g/mol. The van der Waals surface area contributed by atoms with Crippen LogP contribution in [0.15, 0.2) is 24.3 Å². The molecule has 1 aromatic carbocycles. The van der Waals surface area contributed by atoms with Gasteiger partial charge < -0.3 is 4.74 Å². The van der Waals surface area contributed by atoms with Gasteiger partial charge in [-0.25, -0.2) is 0 Å². The van der Waals surface area contributed by atoms with Crippen molar-refractivity contribution < 1.29 is 4.74 Å². The van der Waals surface area contributed by atoms with Crippen LogP contribution in [-0.4, -0.2) is 11.8 Å². The highest BCUT2D eigenvalue weighted by Crippen LogP contribution is 2.06. The summed E-state index contributed by atoms with van der Waals surface area (Å²) in [5.41, 5.74) is 1.79. The molecule has 0 unspecified atom stereocenters. The lowest BCUT2D eigenvalue weighted by molar-refractivity contribution is 0.520. The van der Waals surface area contributed by atoms with Gasteiger partial charge in [-0.1, -0.05) is 24.6 Å². The Labute approximate surface area is 83.7 Å². The van der Waals surface area contributed by atoms with E-state index in [1.807, 2.05) is 32.0 Å². The molecule has 74 valence electrons. The highest BCUT2D eigenvalue weighted by Gasteiger charge is 2.04. The molecule has 0 bridgehead atoms. The molecule has 0 aliphatic carbocycles. The van der Waals surface area contributed by atoms with E-state index >= 15 is 0 Å². The number of nitrogens with one attached hydrogen (secondary N) is 2. The topological polar surface area (TPSA) is 56.9 Å². The molecule has 0 aliphatic rings. The van der Waals surface area contributed by atoms with Crippen LogP contribution < -0.4 is 0 Å². The maximum atomic E-state index is 7.60. The van der Waals surface area contributed by atoms with Gasteiger partial charge in [-0.15, -0.1) is 0 Å². The molecule has 0 radical (unpaired) electrons. The second kappa shape index (κ2) is 4.56. The van der Waals surface area contributed by atoms with Crippen LogP contribution in [0.4, 0.5) is 0 Å². The summed E-state index contributed by atoms with van der Waals surface area (Å²) >= 11 is 0. The van der Waals surface area contributed by atoms with Crippen LogP contribution in [0.1, 0.15) is 24.5 Å². The molecule has 3 nitrogen and oxygen atoms in total. The molecule has 0 amide bonds. The fourth-order valence-electron chi connectivity index (χ4n) is 1.04. The molecule has 0 aliphatic heterocycles. The van der Waals surface area contributed by atoms with Gasteiger partial charge in [-0.05, 0) is 19.1 Å². The van der Waals surface area contributed by atoms with E-state index in [1.54, 1.807) is 6.07 Å². The first-order valence-corrected chi connectivity index (χ1v) is 4.54. The van der Waals surface area contributed by atoms with Gasteiger partial charge in [0.1, 0.15) is 0 Å². The Morgan fingerprint density at radius 2 is 2.07 bits per heavy atom. The molecule has 0 aromatic heterocycles. The summed E-state index contributed by atoms with van der Waals surface area (Å²) in [4.78, 5) is 0. The van der Waals surface area contributed by atoms with Crippen molar-refractivity contribution in [3.63, 3.8) is 0 Å². The van der Waals surface area contributed by atoms with Gasteiger partial charge in [0, 0.05) is 12.0 Å². The number of rotatable bonds is 2. The molecule has 3 heteroatoms. The average molecular weight is 190 g/mol. The molecule has 0 fully saturated rings. The summed E-state index contributed by atoms with van der Waals surface area (Å²) in [6.07, 6.45) is 0.508. The van der Waals surface area contributed by atoms with Crippen molar-refractivity contribution in [3.8, 4) is 0 Å². The van der Waals surface area contributed by atoms with E-state index in [4.69, 9.17) is 15.6 Å². The third kappa shape index (κ3) is 2.69. The number of aryl methyl sites for hydroxylation is 1. The number of ether oxygens (including phenoxy) is 1. The second-order valence-electron chi connectivity index (χ2n) is 3.08. The van der Waals surface area contributed by atoms with Gasteiger partial charge in [-0.2, -0.15) is 0 Å². The van der Waals surface area contributed by atoms with Crippen LogP contribution in [0.25, 0.3) is 0 Å². The van der Waals surface area contributed by atoms with E-state index in [0.29, 0.717) is 12.0 Å². The average Bonchev–Trinajstić information content (AvgIpc) is 2.17. The fourth-order valence-corrected chi connectivity index (χ4v) is 1.04. The van der Waals surface area contributed by atoms with Crippen molar-refractivity contribution in [1.82, 2.24) is 0 Å². The number of benzene rings is 1. The Morgan fingerprint density at radius 3 is 2.64 bits per heavy atom. The largest absolute Gasteiger partial charge is 0.425 e. The van der Waals surface area contributed by atoms with Crippen molar-refractivity contribution in [2.45, 2.75) is 20.3 Å². The van der Waals surface area contributed by atoms with Crippen LogP contribution in [0.2, 0.25) is 0 Å². The quantitative estimate of drug-likeness (QED) is 0.546. The first-order valence-electron chi connectivity index (χ1n) is 4.54. The maximum Gasteiger partial charge on any atom is 0.220 e. The van der Waals surface area contributed by atoms with Crippen LogP contribution in [0.3, 0.4) is 0 Å². The third-order valence-electron chi connectivity index (χ3n) is 1.83. The molecular weight excluding hydrogens is 176 g/mol. The molecule has 0 spiro atoms. The Balaban J connectivity index is 2.75. The first kappa shape index (κ1) is 10.4. The van der Waals surface area contributed by atoms with Crippen molar-refractivity contribution in [3.05, 3.63) is 35.4 Å². The Kier molecular flexibility index (Phi) is 3.40. The third-order valence-corrected chi connectivity index (χ3v) is 1.83. The molecule has 14 heavy (non-hydrogen) atoms. The lowest BCUT2D eigenvalue weighted by Crippen LogP contribution is -2.10. The molecule has 0 atom stereocenters. The van der Waals surface area contributed by atoms with E-state index < -0.39 is 0 Å². The minimum absolute atomic E-state index is 0.0422. The molecule has 0 saturated carbocycles. The smallest absolute Gasteiger partial charge is 0.220 e. The summed E-state index contributed by atoms with van der Waals surface area (Å²) in [7, 11) is 0. The summed E-state index contributed by atoms with van der Waals surface area (Å²) in [5.74, 6) is 0.164. The van der Waals surface area contributed by atoms with Gasteiger partial charge in [0.25, 0.3) is 0 Å². The van der Waals surface area contributed by atoms with E-state index in [-0.39, 0.29) is 11.8 Å². The Bertz CT molecular complexity index is 358. The summed E-state index contributed by atoms with van der Waals surface area (Å²) in [5, 5.41) is 14.9. The molecule has 1 aromatic rings. The Hall–Kier alpha value is -1.64. The first-order chi connectivity index (χ1) is 6.63. The van der Waals surface area contributed by atoms with E-state index in [2.05, 4.69) is 0 Å². The van der Waals surface area contributed by atoms with Crippen molar-refractivity contribution in [2.75, 3.05) is 0 Å². The number of hydrogen-bond acceptors (Lipinski definition) is 3. The van der Waals surface area contributed by atoms with Crippen LogP contribution in [0, 0.1) is 17.7 Å². The van der Waals surface area contributed by atoms with Crippen molar-refractivity contribution in [1.29, 1.82) is 10.8 Å². The highest BCUT2D eigenvalue weighted by atomic mass is 16.5. The van der Waals surface area contributed by atoms with Gasteiger partial charge in [-0.3, -0.25) is 10.8 Å². The zero-order valence-electron chi connectivity index (χ0n) is 8.42. The fraction of sp³-hybridized carbons (Fsp3) is 0.273. The summed E-state index contributed by atoms with van der Waals surface area (Å²) < 4.78 is 5.01. The van der Waals surface area contributed by atoms with Gasteiger partial charge in [0.2, 0.25) is 5.90 Å². The predicted octanol–water partition coefficient (Wildman–Crippen LogP) is 2.72. The lowest BCUT2D eigenvalue weighted by atomic mass is 10.1. The number of hydrogen-bond donors (Lipinski definition) is 2. The van der Waals surface area contributed by atoms with E-state index in [9.17, 15) is 0 Å². The Morgan fingerprint density at radius 1 is 1.36 bits per heavy atom. The molecule has 1 rings (SSSR count). The zero-order valence-corrected chi connectivity index (χ0v) is 8.42. The normalized spacial score (nSPS) is 9.57. The molecular formula is C11H14N2O.